The van der Waals surface area contributed by atoms with Crippen LogP contribution in [-0.2, 0) is 22.5 Å². The standard InChI is InChI=1S/C32H38BrN5O5/c1-41-27-18-21-15-17-38(20-22(21)19-28(27)42-2)31(39)26(37-30-29(43-30)35-25-13-11-23(33)12-14-25)10-6-7-16-34-32(40)36-24-8-4-3-5-9-24/h3-5,8-9,11-14,18-19,26,29-30,35,37H,6-7,10,15-17,20H2,1-2H3,(H2,34,36,40). The highest BCUT2D eigenvalue weighted by Crippen LogP contribution is 2.33. The van der Waals surface area contributed by atoms with Gasteiger partial charge in [-0.15, -0.1) is 0 Å². The Kier molecular flexibility index (Phi) is 10.4. The first-order valence-electron chi connectivity index (χ1n) is 14.5. The van der Waals surface area contributed by atoms with Crippen molar-refractivity contribution in [1.82, 2.24) is 15.5 Å². The van der Waals surface area contributed by atoms with Crippen LogP contribution in [0, 0.1) is 0 Å². The molecule has 43 heavy (non-hydrogen) atoms. The second-order valence-electron chi connectivity index (χ2n) is 10.6. The van der Waals surface area contributed by atoms with E-state index in [1.165, 1.54) is 0 Å². The first-order chi connectivity index (χ1) is 20.9. The molecular weight excluding hydrogens is 614 g/mol. The molecule has 0 saturated carbocycles. The number of carbonyl (C=O) groups is 2. The van der Waals surface area contributed by atoms with Crippen LogP contribution in [0.1, 0.15) is 30.4 Å². The second kappa shape index (κ2) is 14.6. The number of benzene rings is 3. The number of urea groups is 1. The lowest BCUT2D eigenvalue weighted by molar-refractivity contribution is -0.134. The first kappa shape index (κ1) is 30.7. The molecule has 3 atom stereocenters. The Labute approximate surface area is 260 Å². The molecule has 2 aliphatic rings. The average Bonchev–Trinajstić information content (AvgIpc) is 3.77. The maximum atomic E-state index is 13.9. The van der Waals surface area contributed by atoms with Gasteiger partial charge in [0.25, 0.3) is 0 Å². The van der Waals surface area contributed by atoms with E-state index in [9.17, 15) is 9.59 Å². The molecule has 0 aliphatic carbocycles. The van der Waals surface area contributed by atoms with E-state index in [0.717, 1.165) is 46.2 Å². The minimum absolute atomic E-state index is 0.0353. The van der Waals surface area contributed by atoms with E-state index < -0.39 is 6.04 Å². The second-order valence-corrected chi connectivity index (χ2v) is 11.5. The number of para-hydroxylation sites is 1. The predicted molar refractivity (Wildman–Crippen MR) is 169 cm³/mol. The quantitative estimate of drug-likeness (QED) is 0.150. The maximum absolute atomic E-state index is 13.9. The molecule has 3 amide bonds. The summed E-state index contributed by atoms with van der Waals surface area (Å²) >= 11 is 3.46. The summed E-state index contributed by atoms with van der Waals surface area (Å²) in [5.74, 6) is 1.39. The summed E-state index contributed by atoms with van der Waals surface area (Å²) < 4.78 is 17.8. The summed E-state index contributed by atoms with van der Waals surface area (Å²) in [5.41, 5.74) is 3.90. The zero-order valence-corrected chi connectivity index (χ0v) is 26.0. The van der Waals surface area contributed by atoms with E-state index in [1.807, 2.05) is 71.6 Å². The van der Waals surface area contributed by atoms with Gasteiger partial charge in [0.05, 0.1) is 20.3 Å². The number of methoxy groups -OCH3 is 2. The molecule has 0 radical (unpaired) electrons. The number of hydrogen-bond donors (Lipinski definition) is 4. The molecule has 228 valence electrons. The zero-order chi connectivity index (χ0) is 30.2. The molecule has 2 heterocycles. The molecular formula is C32H38BrN5O5. The summed E-state index contributed by atoms with van der Waals surface area (Å²) in [6.07, 6.45) is 2.33. The Balaban J connectivity index is 1.17. The Morgan fingerprint density at radius 2 is 1.67 bits per heavy atom. The van der Waals surface area contributed by atoms with Crippen molar-refractivity contribution in [2.75, 3.05) is 37.9 Å². The summed E-state index contributed by atoms with van der Waals surface area (Å²) in [5, 5.41) is 12.5. The fraction of sp³-hybridized carbons (Fsp3) is 0.375. The summed E-state index contributed by atoms with van der Waals surface area (Å²) in [4.78, 5) is 28.0. The number of epoxide rings is 1. The minimum Gasteiger partial charge on any atom is -0.493 e. The smallest absolute Gasteiger partial charge is 0.319 e. The van der Waals surface area contributed by atoms with Crippen molar-refractivity contribution in [3.8, 4) is 11.5 Å². The van der Waals surface area contributed by atoms with Gasteiger partial charge in [-0.3, -0.25) is 10.1 Å². The summed E-state index contributed by atoms with van der Waals surface area (Å²) in [6, 6.07) is 20.5. The Morgan fingerprint density at radius 1 is 0.953 bits per heavy atom. The van der Waals surface area contributed by atoms with Crippen LogP contribution in [0.25, 0.3) is 0 Å². The molecule has 3 aromatic carbocycles. The molecule has 11 heteroatoms. The zero-order valence-electron chi connectivity index (χ0n) is 24.4. The topological polar surface area (TPSA) is 116 Å². The predicted octanol–water partition coefficient (Wildman–Crippen LogP) is 5.10. The number of unbranched alkanes of at least 4 members (excludes halogenated alkanes) is 1. The molecule has 1 fully saturated rings. The van der Waals surface area contributed by atoms with Gasteiger partial charge in [-0.2, -0.15) is 0 Å². The number of fused-ring (bicyclic) bond motifs is 1. The van der Waals surface area contributed by atoms with E-state index in [2.05, 4.69) is 37.2 Å². The monoisotopic (exact) mass is 651 g/mol. The number of nitrogens with zero attached hydrogens (tertiary/aromatic N) is 1. The number of rotatable bonds is 13. The number of nitrogens with one attached hydrogen (secondary N) is 4. The first-order valence-corrected chi connectivity index (χ1v) is 15.3. The highest BCUT2D eigenvalue weighted by atomic mass is 79.9. The van der Waals surface area contributed by atoms with Crippen molar-refractivity contribution in [3.05, 3.63) is 82.3 Å². The van der Waals surface area contributed by atoms with Gasteiger partial charge in [0.1, 0.15) is 0 Å². The van der Waals surface area contributed by atoms with Crippen molar-refractivity contribution in [1.29, 1.82) is 0 Å². The summed E-state index contributed by atoms with van der Waals surface area (Å²) in [7, 11) is 3.24. The van der Waals surface area contributed by atoms with E-state index in [-0.39, 0.29) is 24.4 Å². The molecule has 1 saturated heterocycles. The Hall–Kier alpha value is -3.80. The molecule has 0 aromatic heterocycles. The maximum Gasteiger partial charge on any atom is 0.319 e. The van der Waals surface area contributed by atoms with Crippen LogP contribution < -0.4 is 30.7 Å². The van der Waals surface area contributed by atoms with Crippen molar-refractivity contribution >= 4 is 39.2 Å². The molecule has 2 aliphatic heterocycles. The number of amides is 3. The normalized spacial score (nSPS) is 17.8. The van der Waals surface area contributed by atoms with Crippen LogP contribution in [-0.4, -0.2) is 62.6 Å². The third-order valence-corrected chi connectivity index (χ3v) is 8.10. The van der Waals surface area contributed by atoms with E-state index in [0.29, 0.717) is 37.6 Å². The molecule has 0 spiro atoms. The van der Waals surface area contributed by atoms with Crippen LogP contribution in [0.5, 0.6) is 11.5 Å². The van der Waals surface area contributed by atoms with Gasteiger partial charge in [-0.05, 0) is 85.3 Å². The van der Waals surface area contributed by atoms with Gasteiger partial charge in [-0.1, -0.05) is 34.1 Å². The Morgan fingerprint density at radius 3 is 2.40 bits per heavy atom. The lowest BCUT2D eigenvalue weighted by Crippen LogP contribution is -2.49. The van der Waals surface area contributed by atoms with Crippen molar-refractivity contribution in [2.24, 2.45) is 0 Å². The number of halogens is 1. The summed E-state index contributed by atoms with van der Waals surface area (Å²) in [6.45, 7) is 1.62. The van der Waals surface area contributed by atoms with Gasteiger partial charge in [-0.25, -0.2) is 4.79 Å². The van der Waals surface area contributed by atoms with Crippen molar-refractivity contribution in [2.45, 2.75) is 50.7 Å². The Bertz CT molecular complexity index is 1390. The lowest BCUT2D eigenvalue weighted by atomic mass is 9.97. The highest BCUT2D eigenvalue weighted by molar-refractivity contribution is 9.10. The molecule has 5 rings (SSSR count). The number of hydrogen-bond acceptors (Lipinski definition) is 7. The number of anilines is 2. The molecule has 4 N–H and O–H groups in total. The average molecular weight is 653 g/mol. The third kappa shape index (κ3) is 8.40. The molecule has 3 aromatic rings. The minimum atomic E-state index is -0.429. The fourth-order valence-corrected chi connectivity index (χ4v) is 5.46. The SMILES string of the molecule is COc1cc2c(cc1OC)CN(C(=O)C(CCCCNC(=O)Nc1ccccc1)NC1OC1Nc1ccc(Br)cc1)CC2. The van der Waals surface area contributed by atoms with E-state index in [4.69, 9.17) is 14.2 Å². The van der Waals surface area contributed by atoms with E-state index >= 15 is 0 Å². The molecule has 0 bridgehead atoms. The van der Waals surface area contributed by atoms with Gasteiger partial charge in [0.2, 0.25) is 5.91 Å². The molecule has 10 nitrogen and oxygen atoms in total. The van der Waals surface area contributed by atoms with Crippen LogP contribution in [0.3, 0.4) is 0 Å². The number of carbonyl (C=O) groups excluding carboxylic acids is 2. The van der Waals surface area contributed by atoms with Crippen LogP contribution in [0.4, 0.5) is 16.2 Å². The fourth-order valence-electron chi connectivity index (χ4n) is 5.20. The van der Waals surface area contributed by atoms with Crippen LogP contribution >= 0.6 is 15.9 Å². The van der Waals surface area contributed by atoms with Gasteiger partial charge in [0.15, 0.2) is 24.0 Å². The van der Waals surface area contributed by atoms with Crippen LogP contribution in [0.2, 0.25) is 0 Å². The highest BCUT2D eigenvalue weighted by Gasteiger charge is 2.42. The van der Waals surface area contributed by atoms with Crippen LogP contribution in [0.15, 0.2) is 71.2 Å². The largest absolute Gasteiger partial charge is 0.493 e. The van der Waals surface area contributed by atoms with Crippen molar-refractivity contribution < 1.29 is 23.8 Å². The lowest BCUT2D eigenvalue weighted by Gasteiger charge is -2.32. The molecule has 3 unspecified atom stereocenters. The van der Waals surface area contributed by atoms with Gasteiger partial charge in [0, 0.05) is 35.5 Å². The van der Waals surface area contributed by atoms with Gasteiger partial charge < -0.3 is 35.1 Å². The van der Waals surface area contributed by atoms with Gasteiger partial charge >= 0.3 is 6.03 Å². The third-order valence-electron chi connectivity index (χ3n) is 7.57. The number of ether oxygens (including phenoxy) is 3. The van der Waals surface area contributed by atoms with Crippen molar-refractivity contribution in [3.63, 3.8) is 0 Å². The van der Waals surface area contributed by atoms with E-state index in [1.54, 1.807) is 14.2 Å².